The molecule has 15 heavy (non-hydrogen) atoms. The van der Waals surface area contributed by atoms with Crippen molar-refractivity contribution in [3.8, 4) is 0 Å². The van der Waals surface area contributed by atoms with Crippen molar-refractivity contribution in [3.05, 3.63) is 29.3 Å². The number of benzene rings is 1. The summed E-state index contributed by atoms with van der Waals surface area (Å²) in [5, 5.41) is 11.4. The van der Waals surface area contributed by atoms with Crippen molar-refractivity contribution in [2.45, 2.75) is 20.3 Å². The lowest BCUT2D eigenvalue weighted by Gasteiger charge is -2.07. The molecule has 4 nitrogen and oxygen atoms in total. The largest absolute Gasteiger partial charge is 0.478 e. The number of carboxylic acids is 1. The summed E-state index contributed by atoms with van der Waals surface area (Å²) in [6, 6.07) is 4.65. The fraction of sp³-hybridized carbons (Fsp3) is 0.273. The van der Waals surface area contributed by atoms with E-state index in [0.29, 0.717) is 12.1 Å². The van der Waals surface area contributed by atoms with Crippen LogP contribution in [-0.2, 0) is 4.79 Å². The Morgan fingerprint density at radius 1 is 1.40 bits per heavy atom. The first-order chi connectivity index (χ1) is 7.04. The number of anilines is 1. The minimum absolute atomic E-state index is 0.124. The van der Waals surface area contributed by atoms with Gasteiger partial charge in [-0.2, -0.15) is 0 Å². The molecule has 0 fully saturated rings. The van der Waals surface area contributed by atoms with E-state index in [2.05, 4.69) is 5.32 Å². The van der Waals surface area contributed by atoms with Crippen LogP contribution in [0.15, 0.2) is 18.2 Å². The lowest BCUT2D eigenvalue weighted by molar-refractivity contribution is -0.115. The molecule has 1 aromatic carbocycles. The Balaban J connectivity index is 3.00. The van der Waals surface area contributed by atoms with E-state index in [1.165, 1.54) is 12.1 Å². The lowest BCUT2D eigenvalue weighted by Crippen LogP contribution is -2.11. The molecule has 0 spiro atoms. The van der Waals surface area contributed by atoms with Gasteiger partial charge in [-0.05, 0) is 24.6 Å². The Kier molecular flexibility index (Phi) is 3.44. The molecule has 0 saturated carbocycles. The standard InChI is InChI=1S/C11H13NO3/c1-3-10(13)12-9-6-8(11(14)15)5-4-7(9)2/h4-6H,3H2,1-2H3,(H,12,13)(H,14,15). The zero-order valence-corrected chi connectivity index (χ0v) is 8.70. The van der Waals surface area contributed by atoms with Gasteiger partial charge in [0.15, 0.2) is 0 Å². The summed E-state index contributed by atoms with van der Waals surface area (Å²) in [5.74, 6) is -1.12. The highest BCUT2D eigenvalue weighted by Crippen LogP contribution is 2.17. The summed E-state index contributed by atoms with van der Waals surface area (Å²) in [7, 11) is 0. The molecule has 0 radical (unpaired) electrons. The number of rotatable bonds is 3. The molecule has 1 aromatic rings. The maximum atomic E-state index is 11.2. The highest BCUT2D eigenvalue weighted by Gasteiger charge is 2.07. The Hall–Kier alpha value is -1.84. The van der Waals surface area contributed by atoms with Gasteiger partial charge < -0.3 is 10.4 Å². The number of aromatic carboxylic acids is 1. The quantitative estimate of drug-likeness (QED) is 0.797. The molecule has 80 valence electrons. The molecule has 2 N–H and O–H groups in total. The fourth-order valence-electron chi connectivity index (χ4n) is 1.13. The number of carboxylic acid groups (broad SMARTS) is 1. The first-order valence-corrected chi connectivity index (χ1v) is 4.68. The summed E-state index contributed by atoms with van der Waals surface area (Å²) in [5.41, 5.74) is 1.58. The highest BCUT2D eigenvalue weighted by atomic mass is 16.4. The summed E-state index contributed by atoms with van der Waals surface area (Å²) in [6.45, 7) is 3.56. The highest BCUT2D eigenvalue weighted by molar-refractivity contribution is 5.94. The van der Waals surface area contributed by atoms with Crippen LogP contribution in [0.3, 0.4) is 0 Å². The van der Waals surface area contributed by atoms with Crippen molar-refractivity contribution < 1.29 is 14.7 Å². The first kappa shape index (κ1) is 11.2. The van der Waals surface area contributed by atoms with Gasteiger partial charge in [-0.15, -0.1) is 0 Å². The SMILES string of the molecule is CCC(=O)Nc1cc(C(=O)O)ccc1C. The van der Waals surface area contributed by atoms with Crippen molar-refractivity contribution in [2.75, 3.05) is 5.32 Å². The van der Waals surface area contributed by atoms with E-state index in [1.807, 2.05) is 6.92 Å². The van der Waals surface area contributed by atoms with Gasteiger partial charge in [0.1, 0.15) is 0 Å². The Morgan fingerprint density at radius 3 is 2.60 bits per heavy atom. The minimum atomic E-state index is -0.998. The maximum Gasteiger partial charge on any atom is 0.335 e. The van der Waals surface area contributed by atoms with Crippen molar-refractivity contribution in [1.82, 2.24) is 0 Å². The molecule has 0 heterocycles. The Labute approximate surface area is 87.9 Å². The molecule has 0 aromatic heterocycles. The zero-order valence-electron chi connectivity index (χ0n) is 8.70. The van der Waals surface area contributed by atoms with Crippen LogP contribution in [0.1, 0.15) is 29.3 Å². The second-order valence-electron chi connectivity index (χ2n) is 3.24. The number of carbonyl (C=O) groups excluding carboxylic acids is 1. The number of nitrogens with one attached hydrogen (secondary N) is 1. The van der Waals surface area contributed by atoms with E-state index >= 15 is 0 Å². The van der Waals surface area contributed by atoms with Crippen molar-refractivity contribution in [1.29, 1.82) is 0 Å². The van der Waals surface area contributed by atoms with Gasteiger partial charge in [-0.1, -0.05) is 13.0 Å². The molecule has 0 aliphatic rings. The molecule has 0 unspecified atom stereocenters. The summed E-state index contributed by atoms with van der Waals surface area (Å²) in [4.78, 5) is 21.9. The predicted octanol–water partition coefficient (Wildman–Crippen LogP) is 2.04. The summed E-state index contributed by atoms with van der Waals surface area (Å²) in [6.07, 6.45) is 0.372. The van der Waals surface area contributed by atoms with Gasteiger partial charge >= 0.3 is 5.97 Å². The molecule has 0 bridgehead atoms. The second-order valence-corrected chi connectivity index (χ2v) is 3.24. The van der Waals surface area contributed by atoms with Crippen LogP contribution in [0.2, 0.25) is 0 Å². The van der Waals surface area contributed by atoms with E-state index in [9.17, 15) is 9.59 Å². The molecular weight excluding hydrogens is 194 g/mol. The van der Waals surface area contributed by atoms with E-state index in [1.54, 1.807) is 13.0 Å². The third kappa shape index (κ3) is 2.80. The number of carbonyl (C=O) groups is 2. The van der Waals surface area contributed by atoms with E-state index in [-0.39, 0.29) is 11.5 Å². The van der Waals surface area contributed by atoms with E-state index in [4.69, 9.17) is 5.11 Å². The van der Waals surface area contributed by atoms with Gasteiger partial charge in [-0.3, -0.25) is 4.79 Å². The first-order valence-electron chi connectivity index (χ1n) is 4.68. The number of hydrogen-bond acceptors (Lipinski definition) is 2. The second kappa shape index (κ2) is 4.59. The van der Waals surface area contributed by atoms with Crippen LogP contribution in [0.5, 0.6) is 0 Å². The topological polar surface area (TPSA) is 66.4 Å². The monoisotopic (exact) mass is 207 g/mol. The maximum absolute atomic E-state index is 11.2. The average molecular weight is 207 g/mol. The number of aryl methyl sites for hydroxylation is 1. The molecule has 1 rings (SSSR count). The van der Waals surface area contributed by atoms with Gasteiger partial charge in [-0.25, -0.2) is 4.79 Å². The van der Waals surface area contributed by atoms with Crippen molar-refractivity contribution >= 4 is 17.6 Å². The van der Waals surface area contributed by atoms with Gasteiger partial charge in [0.25, 0.3) is 0 Å². The lowest BCUT2D eigenvalue weighted by atomic mass is 10.1. The van der Waals surface area contributed by atoms with E-state index < -0.39 is 5.97 Å². The summed E-state index contributed by atoms with van der Waals surface area (Å²) < 4.78 is 0. The molecule has 0 aliphatic carbocycles. The van der Waals surface area contributed by atoms with Crippen LogP contribution in [-0.4, -0.2) is 17.0 Å². The van der Waals surface area contributed by atoms with Crippen molar-refractivity contribution in [3.63, 3.8) is 0 Å². The fourth-order valence-corrected chi connectivity index (χ4v) is 1.13. The molecule has 4 heteroatoms. The molecular formula is C11H13NO3. The van der Waals surface area contributed by atoms with Crippen LogP contribution in [0.4, 0.5) is 5.69 Å². The third-order valence-electron chi connectivity index (χ3n) is 2.08. The number of hydrogen-bond donors (Lipinski definition) is 2. The Bertz CT molecular complexity index is 399. The molecule has 0 aliphatic heterocycles. The smallest absolute Gasteiger partial charge is 0.335 e. The molecule has 0 atom stereocenters. The predicted molar refractivity (Wildman–Crippen MR) is 57.1 cm³/mol. The van der Waals surface area contributed by atoms with Crippen molar-refractivity contribution in [2.24, 2.45) is 0 Å². The molecule has 1 amide bonds. The van der Waals surface area contributed by atoms with Crippen LogP contribution in [0.25, 0.3) is 0 Å². The van der Waals surface area contributed by atoms with Gasteiger partial charge in [0.05, 0.1) is 5.56 Å². The van der Waals surface area contributed by atoms with Crippen LogP contribution >= 0.6 is 0 Å². The summed E-state index contributed by atoms with van der Waals surface area (Å²) >= 11 is 0. The zero-order chi connectivity index (χ0) is 11.4. The van der Waals surface area contributed by atoms with Crippen LogP contribution in [0, 0.1) is 6.92 Å². The Morgan fingerprint density at radius 2 is 2.07 bits per heavy atom. The van der Waals surface area contributed by atoms with Crippen LogP contribution < -0.4 is 5.32 Å². The third-order valence-corrected chi connectivity index (χ3v) is 2.08. The van der Waals surface area contributed by atoms with Gasteiger partial charge in [0.2, 0.25) is 5.91 Å². The minimum Gasteiger partial charge on any atom is -0.478 e. The average Bonchev–Trinajstić information content (AvgIpc) is 2.20. The molecule has 0 saturated heterocycles. The van der Waals surface area contributed by atoms with Gasteiger partial charge in [0, 0.05) is 12.1 Å². The van der Waals surface area contributed by atoms with E-state index in [0.717, 1.165) is 5.56 Å². The normalized spacial score (nSPS) is 9.73. The number of amides is 1.